The zero-order valence-corrected chi connectivity index (χ0v) is 19.7. The largest absolute Gasteiger partial charge is 0.369 e. The zero-order chi connectivity index (χ0) is 21.0. The van der Waals surface area contributed by atoms with Crippen LogP contribution >= 0.6 is 23.2 Å². The minimum absolute atomic E-state index is 0.0345. The molecule has 3 rings (SSSR count). The van der Waals surface area contributed by atoms with E-state index in [4.69, 9.17) is 28.3 Å². The lowest BCUT2D eigenvalue weighted by molar-refractivity contribution is 0.253. The normalized spacial score (nSPS) is 15.9. The molecule has 1 aromatic carbocycles. The highest BCUT2D eigenvalue weighted by Gasteiger charge is 2.21. The molecule has 1 saturated heterocycles. The van der Waals surface area contributed by atoms with E-state index in [9.17, 15) is 0 Å². The highest BCUT2D eigenvalue weighted by Crippen LogP contribution is 2.28. The molecule has 4 nitrogen and oxygen atoms in total. The second-order valence-corrected chi connectivity index (χ2v) is 9.80. The van der Waals surface area contributed by atoms with E-state index in [2.05, 4.69) is 54.3 Å². The molecule has 2 aromatic rings. The summed E-state index contributed by atoms with van der Waals surface area (Å²) in [5, 5.41) is 6.12. The van der Waals surface area contributed by atoms with E-state index in [0.717, 1.165) is 57.7 Å². The molecule has 0 spiro atoms. The maximum atomic E-state index is 6.18. The van der Waals surface area contributed by atoms with Crippen LogP contribution in [0.5, 0.6) is 0 Å². The molecule has 160 valence electrons. The molecule has 0 amide bonds. The van der Waals surface area contributed by atoms with Gasteiger partial charge in [0, 0.05) is 37.6 Å². The van der Waals surface area contributed by atoms with E-state index >= 15 is 0 Å². The third kappa shape index (κ3) is 5.90. The summed E-state index contributed by atoms with van der Waals surface area (Å²) < 4.78 is 2.24. The van der Waals surface area contributed by atoms with Crippen LogP contribution in [0.4, 0.5) is 5.69 Å². The third-order valence-electron chi connectivity index (χ3n) is 5.52. The summed E-state index contributed by atoms with van der Waals surface area (Å²) in [5.41, 5.74) is 3.80. The maximum Gasteiger partial charge on any atom is 0.0627 e. The molecule has 1 aliphatic rings. The van der Waals surface area contributed by atoms with Gasteiger partial charge in [-0.3, -0.25) is 9.58 Å². The van der Waals surface area contributed by atoms with Crippen LogP contribution in [0.25, 0.3) is 0 Å². The van der Waals surface area contributed by atoms with Crippen LogP contribution in [-0.4, -0.2) is 47.4 Å². The van der Waals surface area contributed by atoms with Crippen molar-refractivity contribution in [3.05, 3.63) is 45.7 Å². The number of aryl methyl sites for hydroxylation is 2. The first-order valence-electron chi connectivity index (χ1n) is 10.8. The smallest absolute Gasteiger partial charge is 0.0627 e. The Kier molecular flexibility index (Phi) is 7.53. The van der Waals surface area contributed by atoms with Gasteiger partial charge in [-0.25, -0.2) is 0 Å². The van der Waals surface area contributed by atoms with E-state index in [1.165, 1.54) is 17.8 Å². The topological polar surface area (TPSA) is 24.3 Å². The number of anilines is 1. The van der Waals surface area contributed by atoms with Crippen LogP contribution in [-0.2, 0) is 18.4 Å². The summed E-state index contributed by atoms with van der Waals surface area (Å²) in [7, 11) is 0. The van der Waals surface area contributed by atoms with Crippen molar-refractivity contribution in [2.75, 3.05) is 37.6 Å². The fourth-order valence-electron chi connectivity index (χ4n) is 4.01. The van der Waals surface area contributed by atoms with Crippen molar-refractivity contribution in [1.29, 1.82) is 0 Å². The monoisotopic (exact) mass is 436 g/mol. The quantitative estimate of drug-likeness (QED) is 0.559. The Morgan fingerprint density at radius 2 is 1.69 bits per heavy atom. The average Bonchev–Trinajstić information content (AvgIpc) is 3.08. The van der Waals surface area contributed by atoms with Crippen LogP contribution in [0.3, 0.4) is 0 Å². The van der Waals surface area contributed by atoms with E-state index in [0.29, 0.717) is 10.0 Å². The second kappa shape index (κ2) is 9.72. The van der Waals surface area contributed by atoms with Crippen molar-refractivity contribution in [2.24, 2.45) is 0 Å². The Bertz CT molecular complexity index is 802. The van der Waals surface area contributed by atoms with Gasteiger partial charge in [-0.1, -0.05) is 36.5 Å². The van der Waals surface area contributed by atoms with E-state index in [-0.39, 0.29) is 5.54 Å². The molecule has 6 heteroatoms. The van der Waals surface area contributed by atoms with E-state index in [1.807, 2.05) is 12.1 Å². The van der Waals surface area contributed by atoms with Crippen molar-refractivity contribution in [2.45, 2.75) is 58.9 Å². The summed E-state index contributed by atoms with van der Waals surface area (Å²) in [6.07, 6.45) is 4.46. The van der Waals surface area contributed by atoms with Gasteiger partial charge in [-0.15, -0.1) is 0 Å². The molecule has 0 N–H and O–H groups in total. The molecular formula is C23H34Cl2N4. The molecule has 0 atom stereocenters. The molecule has 0 saturated carbocycles. The summed E-state index contributed by atoms with van der Waals surface area (Å²) in [6, 6.07) is 8.24. The van der Waals surface area contributed by atoms with Crippen LogP contribution < -0.4 is 4.90 Å². The molecule has 1 fully saturated rings. The Hall–Kier alpha value is -1.23. The molecular weight excluding hydrogens is 403 g/mol. The van der Waals surface area contributed by atoms with Crippen molar-refractivity contribution in [1.82, 2.24) is 14.7 Å². The van der Waals surface area contributed by atoms with Gasteiger partial charge in [0.2, 0.25) is 0 Å². The third-order valence-corrected chi connectivity index (χ3v) is 6.26. The first kappa shape index (κ1) is 22.5. The number of hydrogen-bond acceptors (Lipinski definition) is 3. The standard InChI is InChI=1S/C23H34Cl2N4/c1-5-7-18-16-20(29(26-18)23(2,3)4)8-6-11-27-12-14-28(15-13-27)19-9-10-21(24)22(25)17-19/h9-10,16-17H,5-8,11-15H2,1-4H3. The highest BCUT2D eigenvalue weighted by molar-refractivity contribution is 6.42. The summed E-state index contributed by atoms with van der Waals surface area (Å²) in [6.45, 7) is 14.3. The minimum Gasteiger partial charge on any atom is -0.369 e. The molecule has 0 unspecified atom stereocenters. The Morgan fingerprint density at radius 1 is 0.966 bits per heavy atom. The Balaban J connectivity index is 1.50. The molecule has 0 bridgehead atoms. The second-order valence-electron chi connectivity index (χ2n) is 8.99. The minimum atomic E-state index is 0.0345. The molecule has 29 heavy (non-hydrogen) atoms. The molecule has 0 aliphatic carbocycles. The average molecular weight is 437 g/mol. The molecule has 1 aliphatic heterocycles. The lowest BCUT2D eigenvalue weighted by Gasteiger charge is -2.36. The highest BCUT2D eigenvalue weighted by atomic mass is 35.5. The summed E-state index contributed by atoms with van der Waals surface area (Å²) in [4.78, 5) is 4.96. The number of benzene rings is 1. The maximum absolute atomic E-state index is 6.18. The van der Waals surface area contributed by atoms with Gasteiger partial charge in [0.1, 0.15) is 0 Å². The van der Waals surface area contributed by atoms with Crippen molar-refractivity contribution >= 4 is 28.9 Å². The van der Waals surface area contributed by atoms with Crippen LogP contribution in [0.15, 0.2) is 24.3 Å². The van der Waals surface area contributed by atoms with Gasteiger partial charge < -0.3 is 4.90 Å². The first-order chi connectivity index (χ1) is 13.8. The van der Waals surface area contributed by atoms with E-state index < -0.39 is 0 Å². The van der Waals surface area contributed by atoms with Crippen molar-refractivity contribution < 1.29 is 0 Å². The van der Waals surface area contributed by atoms with Gasteiger partial charge in [0.05, 0.1) is 21.3 Å². The predicted octanol–water partition coefficient (Wildman–Crippen LogP) is 5.65. The fourth-order valence-corrected chi connectivity index (χ4v) is 4.30. The number of rotatable bonds is 7. The predicted molar refractivity (Wildman–Crippen MR) is 125 cm³/mol. The van der Waals surface area contributed by atoms with Crippen LogP contribution in [0, 0.1) is 0 Å². The molecule has 1 aromatic heterocycles. The van der Waals surface area contributed by atoms with Gasteiger partial charge >= 0.3 is 0 Å². The Morgan fingerprint density at radius 3 is 2.31 bits per heavy atom. The molecule has 2 heterocycles. The van der Waals surface area contributed by atoms with E-state index in [1.54, 1.807) is 0 Å². The lowest BCUT2D eigenvalue weighted by Crippen LogP contribution is -2.46. The first-order valence-corrected chi connectivity index (χ1v) is 11.5. The Labute approximate surface area is 185 Å². The summed E-state index contributed by atoms with van der Waals surface area (Å²) in [5.74, 6) is 0. The van der Waals surface area contributed by atoms with Crippen molar-refractivity contribution in [3.63, 3.8) is 0 Å². The zero-order valence-electron chi connectivity index (χ0n) is 18.2. The number of nitrogens with zero attached hydrogens (tertiary/aromatic N) is 4. The SMILES string of the molecule is CCCc1cc(CCCN2CCN(c3ccc(Cl)c(Cl)c3)CC2)n(C(C)(C)C)n1. The van der Waals surface area contributed by atoms with Crippen molar-refractivity contribution in [3.8, 4) is 0 Å². The number of halogens is 2. The summed E-state index contributed by atoms with van der Waals surface area (Å²) >= 11 is 12.2. The molecule has 0 radical (unpaired) electrons. The fraction of sp³-hybridized carbons (Fsp3) is 0.609. The lowest BCUT2D eigenvalue weighted by atomic mass is 10.1. The number of aromatic nitrogens is 2. The number of piperazine rings is 1. The van der Waals surface area contributed by atoms with Crippen LogP contribution in [0.1, 0.15) is 51.9 Å². The van der Waals surface area contributed by atoms with Gasteiger partial charge in [0.25, 0.3) is 0 Å². The van der Waals surface area contributed by atoms with Crippen LogP contribution in [0.2, 0.25) is 10.0 Å². The van der Waals surface area contributed by atoms with Gasteiger partial charge in [0.15, 0.2) is 0 Å². The number of hydrogen-bond donors (Lipinski definition) is 0. The van der Waals surface area contributed by atoms with Gasteiger partial charge in [-0.2, -0.15) is 5.10 Å². The van der Waals surface area contributed by atoms with Gasteiger partial charge in [-0.05, 0) is 70.8 Å².